The molecule has 0 amide bonds. The molecule has 20 heteroatoms. The highest BCUT2D eigenvalue weighted by molar-refractivity contribution is 5.84. The smallest absolute Gasteiger partial charge is 0.311 e. The number of nitrogens with zero attached hydrogens (tertiary/aromatic N) is 5. The van der Waals surface area contributed by atoms with Gasteiger partial charge in [-0.3, -0.25) is 19.7 Å². The molecule has 4 N–H and O–H groups in total. The lowest BCUT2D eigenvalue weighted by Crippen LogP contribution is -2.61. The number of benzene rings is 1. The van der Waals surface area contributed by atoms with Crippen LogP contribution in [-0.2, 0) is 49.2 Å². The van der Waals surface area contributed by atoms with E-state index in [2.05, 4.69) is 10.3 Å². The Morgan fingerprint density at radius 3 is 2.39 bits per heavy atom. The van der Waals surface area contributed by atoms with E-state index in [1.54, 1.807) is 59.9 Å². The van der Waals surface area contributed by atoms with Crippen molar-refractivity contribution >= 4 is 17.4 Å². The number of ketones is 1. The number of cyclic esters (lactones) is 1. The summed E-state index contributed by atoms with van der Waals surface area (Å²) in [6, 6.07) is 5.62. The molecule has 4 fully saturated rings. The van der Waals surface area contributed by atoms with Crippen molar-refractivity contribution in [2.75, 3.05) is 27.3 Å². The van der Waals surface area contributed by atoms with Gasteiger partial charge in [0, 0.05) is 62.4 Å². The molecule has 20 nitrogen and oxygen atoms in total. The number of likely N-dealkylation sites (N-methyl/N-ethyl adjacent to an activating group) is 1. The molecular formula is C46H71N5O15. The number of carbonyl (C=O) groups excluding carboxylic acids is 2. The molecule has 0 saturated carbocycles. The van der Waals surface area contributed by atoms with Gasteiger partial charge in [0.05, 0.1) is 76.7 Å². The topological polar surface area (TPSA) is 257 Å². The highest BCUT2D eigenvalue weighted by atomic mass is 16.7. The highest BCUT2D eigenvalue weighted by Crippen LogP contribution is 2.44. The van der Waals surface area contributed by atoms with Gasteiger partial charge in [0.15, 0.2) is 12.6 Å². The number of fused-ring (bicyclic) bond motifs is 2. The minimum Gasteiger partial charge on any atom is -0.459 e. The summed E-state index contributed by atoms with van der Waals surface area (Å²) in [5, 5.41) is 66.3. The van der Waals surface area contributed by atoms with E-state index in [0.717, 1.165) is 0 Å². The summed E-state index contributed by atoms with van der Waals surface area (Å²) in [5.41, 5.74) is -3.27. The number of aliphatic hydroxyl groups excluding tert-OH is 3. The van der Waals surface area contributed by atoms with E-state index in [0.29, 0.717) is 30.8 Å². The van der Waals surface area contributed by atoms with Crippen LogP contribution in [0.1, 0.15) is 93.7 Å². The number of ether oxygens (including phenoxy) is 7. The first-order valence-electron chi connectivity index (χ1n) is 23.1. The SMILES string of the molecule is CC[C@H]1OC(=O)[C@H](C)[C@@H](O[C@H]2C[C@@](C)(OC)[C@@H](O)[C@H](C)O2)[C@H](C)[C@@H](O[C@@H]2O[C@H](C)C[C@H](N(C)CCc3cn(-c4cccc([N+](=O)[O-])c4)nn3)[C@H]2O)[C@@]2(C)C[C@@H](CO2)C(=O)[C@H](C)[C@@H](O)[C@]1(C)O. The third-order valence-electron chi connectivity index (χ3n) is 14.7. The van der Waals surface area contributed by atoms with Crippen LogP contribution in [-0.4, -0.2) is 169 Å². The van der Waals surface area contributed by atoms with E-state index in [-0.39, 0.29) is 37.3 Å². The number of Topliss-reactive ketones (excluding diaryl/α,β-unsaturated/α-hetero) is 1. The van der Waals surface area contributed by atoms with E-state index >= 15 is 0 Å². The van der Waals surface area contributed by atoms with E-state index in [1.165, 1.54) is 30.8 Å². The lowest BCUT2D eigenvalue weighted by molar-refractivity contribution is -0.384. The van der Waals surface area contributed by atoms with Gasteiger partial charge in [-0.1, -0.05) is 32.1 Å². The number of hydrogen-bond acceptors (Lipinski definition) is 18. The third kappa shape index (κ3) is 10.7. The van der Waals surface area contributed by atoms with E-state index in [1.807, 2.05) is 25.8 Å². The van der Waals surface area contributed by atoms with Gasteiger partial charge in [-0.2, -0.15) is 0 Å². The molecule has 18 atom stereocenters. The number of nitro benzene ring substituents is 1. The summed E-state index contributed by atoms with van der Waals surface area (Å²) in [5.74, 6) is -4.68. The van der Waals surface area contributed by atoms with Gasteiger partial charge in [-0.25, -0.2) is 4.68 Å². The fourth-order valence-electron chi connectivity index (χ4n) is 10.4. The summed E-state index contributed by atoms with van der Waals surface area (Å²) in [7, 11) is 3.36. The van der Waals surface area contributed by atoms with E-state index < -0.39 is 119 Å². The van der Waals surface area contributed by atoms with Crippen molar-refractivity contribution in [1.29, 1.82) is 0 Å². The van der Waals surface area contributed by atoms with Crippen molar-refractivity contribution < 1.29 is 68.1 Å². The highest BCUT2D eigenvalue weighted by Gasteiger charge is 2.56. The lowest BCUT2D eigenvalue weighted by Gasteiger charge is -2.49. The summed E-state index contributed by atoms with van der Waals surface area (Å²) in [4.78, 5) is 41.4. The minimum absolute atomic E-state index is 0.0240. The van der Waals surface area contributed by atoms with Crippen molar-refractivity contribution in [1.82, 2.24) is 19.9 Å². The molecule has 5 heterocycles. The van der Waals surface area contributed by atoms with Crippen molar-refractivity contribution in [3.63, 3.8) is 0 Å². The van der Waals surface area contributed by atoms with Crippen LogP contribution in [0, 0.1) is 33.8 Å². The van der Waals surface area contributed by atoms with Crippen molar-refractivity contribution in [2.24, 2.45) is 23.7 Å². The van der Waals surface area contributed by atoms with Crippen molar-refractivity contribution in [3.05, 3.63) is 46.3 Å². The second-order valence-electron chi connectivity index (χ2n) is 19.7. The number of nitro groups is 1. The number of hydrogen-bond donors (Lipinski definition) is 4. The Hall–Kier alpha value is -3.54. The van der Waals surface area contributed by atoms with Gasteiger partial charge in [-0.05, 0) is 73.9 Å². The van der Waals surface area contributed by atoms with Crippen molar-refractivity contribution in [2.45, 2.75) is 179 Å². The Morgan fingerprint density at radius 1 is 1.02 bits per heavy atom. The molecule has 4 aliphatic heterocycles. The molecule has 0 spiro atoms. The molecule has 4 aliphatic rings. The minimum atomic E-state index is -2.00. The van der Waals surface area contributed by atoms with Gasteiger partial charge in [0.1, 0.15) is 29.7 Å². The number of aliphatic hydroxyl groups is 4. The first-order chi connectivity index (χ1) is 30.9. The number of non-ortho nitro benzene ring substituents is 1. The quantitative estimate of drug-likeness (QED) is 0.136. The number of esters is 1. The van der Waals surface area contributed by atoms with Gasteiger partial charge in [-0.15, -0.1) is 5.10 Å². The van der Waals surface area contributed by atoms with Gasteiger partial charge >= 0.3 is 5.97 Å². The Bertz CT molecular complexity index is 2010. The molecule has 2 aromatic rings. The maximum Gasteiger partial charge on any atom is 0.311 e. The molecule has 1 aromatic heterocycles. The number of rotatable bonds is 12. The standard InChI is InChI=1S/C46H71N5O15/c1-12-34-46(9,57)39(54)25(3)36(52)29-20-45(8,61-23-29)41(26(4)38(27(5)42(56)64-34)65-35-21-44(7,60-11)40(55)28(6)63-35)66-43-37(53)33(18-24(2)62-43)49(10)17-16-30-22-50(48-47-30)31-14-13-15-32(19-31)51(58)59/h13-15,19,22,24-29,33-35,37-41,43,53-55,57H,12,16-18,20-21,23H2,1-11H3/t24-,25+,26+,27-,28+,29+,33+,34-,35+,37-,38+,39-,40+,41-,43+,44-,45-,46-/m1/s1. The first kappa shape index (κ1) is 51.8. The second kappa shape index (κ2) is 20.6. The van der Waals surface area contributed by atoms with E-state index in [9.17, 15) is 40.1 Å². The molecular weight excluding hydrogens is 863 g/mol. The zero-order valence-electron chi connectivity index (χ0n) is 40.0. The molecule has 0 unspecified atom stereocenters. The van der Waals surface area contributed by atoms with Crippen LogP contribution in [0.25, 0.3) is 5.69 Å². The molecule has 6 rings (SSSR count). The van der Waals surface area contributed by atoms with Crippen LogP contribution >= 0.6 is 0 Å². The maximum absolute atomic E-state index is 14.4. The van der Waals surface area contributed by atoms with Gasteiger partial charge in [0.2, 0.25) is 0 Å². The van der Waals surface area contributed by atoms with Crippen LogP contribution in [0.3, 0.4) is 0 Å². The maximum atomic E-state index is 14.4. The fraction of sp³-hybridized carbons (Fsp3) is 0.783. The molecule has 4 saturated heterocycles. The summed E-state index contributed by atoms with van der Waals surface area (Å²) < 4.78 is 46.2. The van der Waals surface area contributed by atoms with Crippen molar-refractivity contribution in [3.8, 4) is 5.69 Å². The molecule has 0 aliphatic carbocycles. The van der Waals surface area contributed by atoms with Crippen LogP contribution in [0.5, 0.6) is 0 Å². The van der Waals surface area contributed by atoms with Crippen LogP contribution in [0.15, 0.2) is 30.5 Å². The second-order valence-corrected chi connectivity index (χ2v) is 19.7. The molecule has 2 bridgehead atoms. The average Bonchev–Trinajstić information content (AvgIpc) is 3.94. The third-order valence-corrected chi connectivity index (χ3v) is 14.7. The van der Waals surface area contributed by atoms with E-state index in [4.69, 9.17) is 33.2 Å². The molecule has 370 valence electrons. The van der Waals surface area contributed by atoms with Gasteiger partial charge < -0.3 is 58.5 Å². The summed E-state index contributed by atoms with van der Waals surface area (Å²) >= 11 is 0. The number of carbonyl (C=O) groups is 2. The zero-order valence-corrected chi connectivity index (χ0v) is 40.0. The summed E-state index contributed by atoms with van der Waals surface area (Å²) in [6.07, 6.45) is -7.45. The Labute approximate surface area is 386 Å². The Morgan fingerprint density at radius 2 is 1.73 bits per heavy atom. The zero-order chi connectivity index (χ0) is 48.6. The van der Waals surface area contributed by atoms with Crippen LogP contribution in [0.4, 0.5) is 5.69 Å². The largest absolute Gasteiger partial charge is 0.459 e. The average molecular weight is 934 g/mol. The number of methoxy groups -OCH3 is 1. The predicted octanol–water partition coefficient (Wildman–Crippen LogP) is 2.91. The monoisotopic (exact) mass is 933 g/mol. The Kier molecular flexibility index (Phi) is 16.2. The lowest BCUT2D eigenvalue weighted by atomic mass is 9.75. The molecule has 1 aromatic carbocycles. The normalized spacial score (nSPS) is 41.7. The molecule has 0 radical (unpaired) electrons. The predicted molar refractivity (Wildman–Crippen MR) is 235 cm³/mol. The van der Waals surface area contributed by atoms with Crippen LogP contribution in [0.2, 0.25) is 0 Å². The van der Waals surface area contributed by atoms with Gasteiger partial charge in [0.25, 0.3) is 5.69 Å². The summed E-state index contributed by atoms with van der Waals surface area (Å²) in [6.45, 7) is 15.6. The van der Waals surface area contributed by atoms with Crippen LogP contribution < -0.4 is 0 Å². The Balaban J connectivity index is 1.30. The first-order valence-corrected chi connectivity index (χ1v) is 23.1. The molecule has 66 heavy (non-hydrogen) atoms. The fourth-order valence-corrected chi connectivity index (χ4v) is 10.4. The number of aromatic nitrogens is 3.